The van der Waals surface area contributed by atoms with Crippen molar-refractivity contribution in [3.8, 4) is 11.1 Å². The Bertz CT molecular complexity index is 708. The zero-order valence-electron chi connectivity index (χ0n) is 12.0. The third-order valence-electron chi connectivity index (χ3n) is 3.91. The lowest BCUT2D eigenvalue weighted by Gasteiger charge is -2.33. The van der Waals surface area contributed by atoms with Gasteiger partial charge in [0.25, 0.3) is 0 Å². The molecule has 1 aliphatic rings. The molecule has 0 radical (unpaired) electrons. The minimum Gasteiger partial charge on any atom is -0.369 e. The van der Waals surface area contributed by atoms with Crippen molar-refractivity contribution in [3.05, 3.63) is 46.7 Å². The van der Waals surface area contributed by atoms with E-state index in [9.17, 15) is 4.79 Å². The van der Waals surface area contributed by atoms with Gasteiger partial charge in [-0.3, -0.25) is 9.69 Å². The molecule has 5 heteroatoms. The van der Waals surface area contributed by atoms with Crippen LogP contribution in [0, 0.1) is 0 Å². The number of hydrogen-bond acceptors (Lipinski definition) is 4. The van der Waals surface area contributed by atoms with Crippen LogP contribution in [0.3, 0.4) is 0 Å². The smallest absolute Gasteiger partial charge is 0.231 e. The number of thiophene rings is 1. The number of carbonyl (C=O) groups excluding carboxylic acids is 1. The second-order valence-electron chi connectivity index (χ2n) is 5.47. The second kappa shape index (κ2) is 5.00. The molecule has 1 aromatic heterocycles. The summed E-state index contributed by atoms with van der Waals surface area (Å²) in [7, 11) is 1.66. The van der Waals surface area contributed by atoms with Gasteiger partial charge in [0.2, 0.25) is 5.91 Å². The van der Waals surface area contributed by atoms with Crippen LogP contribution in [0.5, 0.6) is 0 Å². The van der Waals surface area contributed by atoms with E-state index in [1.807, 2.05) is 19.1 Å². The highest BCUT2D eigenvalue weighted by molar-refractivity contribution is 7.08. The molecule has 1 unspecified atom stereocenters. The molecule has 0 saturated carbocycles. The highest BCUT2D eigenvalue weighted by Gasteiger charge is 2.36. The first-order chi connectivity index (χ1) is 9.99. The average molecular weight is 299 g/mol. The van der Waals surface area contributed by atoms with Gasteiger partial charge in [0, 0.05) is 7.05 Å². The highest BCUT2D eigenvalue weighted by Crippen LogP contribution is 2.35. The van der Waals surface area contributed by atoms with E-state index in [0.29, 0.717) is 6.42 Å². The van der Waals surface area contributed by atoms with Crippen molar-refractivity contribution in [2.24, 2.45) is 10.7 Å². The maximum atomic E-state index is 12.1. The minimum atomic E-state index is -0.598. The molecule has 1 aliphatic heterocycles. The number of carbonyl (C=O) groups is 1. The molecule has 2 heterocycles. The molecule has 0 fully saturated rings. The van der Waals surface area contributed by atoms with Gasteiger partial charge in [-0.1, -0.05) is 18.2 Å². The van der Waals surface area contributed by atoms with Gasteiger partial charge in [-0.15, -0.1) is 0 Å². The summed E-state index contributed by atoms with van der Waals surface area (Å²) in [4.78, 5) is 18.0. The summed E-state index contributed by atoms with van der Waals surface area (Å²) in [6.45, 7) is 1.96. The number of rotatable bonds is 2. The van der Waals surface area contributed by atoms with Crippen molar-refractivity contribution in [2.75, 3.05) is 7.05 Å². The van der Waals surface area contributed by atoms with Crippen LogP contribution in [0.4, 0.5) is 0 Å². The number of nitrogens with two attached hydrogens (primary N) is 1. The summed E-state index contributed by atoms with van der Waals surface area (Å²) >= 11 is 1.67. The Labute approximate surface area is 127 Å². The van der Waals surface area contributed by atoms with Gasteiger partial charge in [0.1, 0.15) is 0 Å². The fourth-order valence-corrected chi connectivity index (χ4v) is 3.20. The molecule has 21 heavy (non-hydrogen) atoms. The van der Waals surface area contributed by atoms with Gasteiger partial charge < -0.3 is 5.73 Å². The molecule has 2 aromatic rings. The topological polar surface area (TPSA) is 58.7 Å². The maximum Gasteiger partial charge on any atom is 0.231 e. The fraction of sp³-hybridized carbons (Fsp3) is 0.250. The summed E-state index contributed by atoms with van der Waals surface area (Å²) in [5, 5.41) is 4.16. The van der Waals surface area contributed by atoms with Gasteiger partial charge in [0.05, 0.1) is 12.0 Å². The predicted octanol–water partition coefficient (Wildman–Crippen LogP) is 2.81. The Morgan fingerprint density at radius 3 is 2.81 bits per heavy atom. The zero-order valence-corrected chi connectivity index (χ0v) is 12.9. The lowest BCUT2D eigenvalue weighted by Crippen LogP contribution is -2.47. The van der Waals surface area contributed by atoms with E-state index >= 15 is 0 Å². The normalized spacial score (nSPS) is 22.3. The van der Waals surface area contributed by atoms with E-state index in [2.05, 4.69) is 34.0 Å². The lowest BCUT2D eigenvalue weighted by atomic mass is 9.86. The first-order valence-electron chi connectivity index (χ1n) is 6.75. The largest absolute Gasteiger partial charge is 0.369 e. The molecular formula is C16H17N3OS. The van der Waals surface area contributed by atoms with Crippen LogP contribution in [0.25, 0.3) is 11.1 Å². The standard InChI is InChI=1S/C16H17N3OS/c1-16(9-14(20)19(2)15(17)18-16)13-5-3-4-11(8-13)12-6-7-21-10-12/h3-8,10H,9H2,1-2H3,(H2,17,18). The van der Waals surface area contributed by atoms with Crippen molar-refractivity contribution < 1.29 is 4.79 Å². The third kappa shape index (κ3) is 2.45. The Morgan fingerprint density at radius 1 is 1.33 bits per heavy atom. The van der Waals surface area contributed by atoms with E-state index in [4.69, 9.17) is 5.73 Å². The predicted molar refractivity (Wildman–Crippen MR) is 86.1 cm³/mol. The molecular weight excluding hydrogens is 282 g/mol. The van der Waals surface area contributed by atoms with Gasteiger partial charge in [0.15, 0.2) is 5.96 Å². The molecule has 1 aromatic carbocycles. The van der Waals surface area contributed by atoms with Crippen molar-refractivity contribution in [1.29, 1.82) is 0 Å². The highest BCUT2D eigenvalue weighted by atomic mass is 32.1. The number of hydrogen-bond donors (Lipinski definition) is 1. The van der Waals surface area contributed by atoms with Crippen LogP contribution < -0.4 is 5.73 Å². The van der Waals surface area contributed by atoms with Crippen molar-refractivity contribution in [1.82, 2.24) is 4.90 Å². The van der Waals surface area contributed by atoms with E-state index in [1.165, 1.54) is 10.5 Å². The monoisotopic (exact) mass is 299 g/mol. The van der Waals surface area contributed by atoms with Crippen molar-refractivity contribution >= 4 is 23.2 Å². The number of guanidine groups is 1. The quantitative estimate of drug-likeness (QED) is 0.927. The molecule has 4 nitrogen and oxygen atoms in total. The maximum absolute atomic E-state index is 12.1. The van der Waals surface area contributed by atoms with Crippen LogP contribution in [0.2, 0.25) is 0 Å². The summed E-state index contributed by atoms with van der Waals surface area (Å²) in [6.07, 6.45) is 0.331. The van der Waals surface area contributed by atoms with Crippen LogP contribution in [-0.4, -0.2) is 23.8 Å². The fourth-order valence-electron chi connectivity index (χ4n) is 2.54. The van der Waals surface area contributed by atoms with Crippen LogP contribution >= 0.6 is 11.3 Å². The Morgan fingerprint density at radius 2 is 2.14 bits per heavy atom. The molecule has 1 atom stereocenters. The molecule has 3 rings (SSSR count). The van der Waals surface area contributed by atoms with Gasteiger partial charge in [-0.2, -0.15) is 11.3 Å². The number of nitrogens with zero attached hydrogens (tertiary/aromatic N) is 2. The first-order valence-corrected chi connectivity index (χ1v) is 7.69. The molecule has 2 N–H and O–H groups in total. The molecule has 108 valence electrons. The number of aliphatic imine (C=N–C) groups is 1. The average Bonchev–Trinajstić information content (AvgIpc) is 2.99. The Kier molecular flexibility index (Phi) is 3.29. The van der Waals surface area contributed by atoms with Gasteiger partial charge >= 0.3 is 0 Å². The van der Waals surface area contributed by atoms with Crippen LogP contribution in [0.1, 0.15) is 18.9 Å². The molecule has 0 spiro atoms. The molecule has 0 saturated heterocycles. The van der Waals surface area contributed by atoms with Crippen molar-refractivity contribution in [2.45, 2.75) is 18.9 Å². The SMILES string of the molecule is CN1C(=O)CC(C)(c2cccc(-c3ccsc3)c2)N=C1N. The Hall–Kier alpha value is -2.14. The second-order valence-corrected chi connectivity index (χ2v) is 6.25. The van der Waals surface area contributed by atoms with Crippen LogP contribution in [0.15, 0.2) is 46.1 Å². The minimum absolute atomic E-state index is 0.00839. The summed E-state index contributed by atoms with van der Waals surface area (Å²) in [6, 6.07) is 10.3. The van der Waals surface area contributed by atoms with E-state index in [0.717, 1.165) is 11.1 Å². The zero-order chi connectivity index (χ0) is 15.0. The Balaban J connectivity index is 2.04. The third-order valence-corrected chi connectivity index (χ3v) is 4.60. The first kappa shape index (κ1) is 13.8. The molecule has 1 amide bonds. The van der Waals surface area contributed by atoms with Crippen molar-refractivity contribution in [3.63, 3.8) is 0 Å². The molecule has 0 aliphatic carbocycles. The van der Waals surface area contributed by atoms with Crippen LogP contribution in [-0.2, 0) is 10.3 Å². The summed E-state index contributed by atoms with van der Waals surface area (Å²) < 4.78 is 0. The summed E-state index contributed by atoms with van der Waals surface area (Å²) in [5.74, 6) is 0.264. The number of benzene rings is 1. The lowest BCUT2D eigenvalue weighted by molar-refractivity contribution is -0.128. The van der Waals surface area contributed by atoms with E-state index in [-0.39, 0.29) is 11.9 Å². The van der Waals surface area contributed by atoms with E-state index in [1.54, 1.807) is 18.4 Å². The molecule has 0 bridgehead atoms. The van der Waals surface area contributed by atoms with E-state index < -0.39 is 5.54 Å². The van der Waals surface area contributed by atoms with Gasteiger partial charge in [-0.05, 0) is 46.5 Å². The summed E-state index contributed by atoms with van der Waals surface area (Å²) in [5.41, 5.74) is 8.60. The van der Waals surface area contributed by atoms with Gasteiger partial charge in [-0.25, -0.2) is 4.99 Å². The number of amides is 1.